The number of nitrogens with zero attached hydrogens (tertiary/aromatic N) is 2. The largest absolute Gasteiger partial charge is 0.284 e. The predicted octanol–water partition coefficient (Wildman–Crippen LogP) is 3.95. The number of thiophene rings is 1. The summed E-state index contributed by atoms with van der Waals surface area (Å²) < 4.78 is 1.09. The number of hydrogen-bond acceptors (Lipinski definition) is 3. The third kappa shape index (κ3) is 2.85. The molecule has 4 heteroatoms. The highest BCUT2D eigenvalue weighted by molar-refractivity contribution is 9.10. The number of hydrogen-bond donors (Lipinski definition) is 0. The monoisotopic (exact) mass is 298 g/mol. The Labute approximate surface area is 109 Å². The van der Waals surface area contributed by atoms with Crippen molar-refractivity contribution in [3.8, 4) is 6.07 Å². The van der Waals surface area contributed by atoms with Crippen LogP contribution in [0.15, 0.2) is 15.9 Å². The molecule has 86 valence electrons. The van der Waals surface area contributed by atoms with Crippen LogP contribution in [0, 0.1) is 11.3 Å². The number of likely N-dealkylation sites (tertiary alicyclic amines) is 1. The zero-order chi connectivity index (χ0) is 11.4. The lowest BCUT2D eigenvalue weighted by molar-refractivity contribution is 0.248. The van der Waals surface area contributed by atoms with E-state index < -0.39 is 0 Å². The van der Waals surface area contributed by atoms with Crippen LogP contribution in [0.25, 0.3) is 0 Å². The first-order valence-corrected chi connectivity index (χ1v) is 7.36. The maximum absolute atomic E-state index is 9.33. The van der Waals surface area contributed by atoms with E-state index in [0.717, 1.165) is 22.4 Å². The summed E-state index contributed by atoms with van der Waals surface area (Å²) in [6.07, 6.45) is 5.07. The molecule has 0 bridgehead atoms. The molecule has 1 unspecified atom stereocenters. The molecule has 0 N–H and O–H groups in total. The fourth-order valence-corrected chi connectivity index (χ4v) is 3.67. The van der Waals surface area contributed by atoms with Crippen molar-refractivity contribution in [3.05, 3.63) is 20.8 Å². The van der Waals surface area contributed by atoms with Gasteiger partial charge in [0.15, 0.2) is 0 Å². The van der Waals surface area contributed by atoms with Crippen LogP contribution in [0.2, 0.25) is 0 Å². The second-order valence-electron chi connectivity index (χ2n) is 4.15. The molecule has 1 aromatic heterocycles. The fourth-order valence-electron chi connectivity index (χ4n) is 2.15. The molecular weight excluding hydrogens is 284 g/mol. The van der Waals surface area contributed by atoms with Gasteiger partial charge in [0.05, 0.1) is 6.07 Å². The molecule has 16 heavy (non-hydrogen) atoms. The van der Waals surface area contributed by atoms with E-state index >= 15 is 0 Å². The van der Waals surface area contributed by atoms with Crippen molar-refractivity contribution in [2.24, 2.45) is 0 Å². The average molecular weight is 299 g/mol. The predicted molar refractivity (Wildman–Crippen MR) is 70.4 cm³/mol. The summed E-state index contributed by atoms with van der Waals surface area (Å²) in [5.41, 5.74) is 0. The molecule has 2 nitrogen and oxygen atoms in total. The quantitative estimate of drug-likeness (QED) is 0.826. The first kappa shape index (κ1) is 12.1. The first-order chi connectivity index (χ1) is 7.81. The van der Waals surface area contributed by atoms with Gasteiger partial charge in [-0.3, -0.25) is 4.90 Å². The Morgan fingerprint density at radius 2 is 2.00 bits per heavy atom. The Morgan fingerprint density at radius 1 is 1.31 bits per heavy atom. The average Bonchev–Trinajstić information content (AvgIpc) is 2.55. The minimum absolute atomic E-state index is 0.0469. The zero-order valence-electron chi connectivity index (χ0n) is 9.16. The van der Waals surface area contributed by atoms with E-state index in [-0.39, 0.29) is 6.04 Å². The lowest BCUT2D eigenvalue weighted by atomic mass is 10.2. The minimum atomic E-state index is -0.0469. The van der Waals surface area contributed by atoms with E-state index in [1.165, 1.54) is 25.7 Å². The van der Waals surface area contributed by atoms with Crippen molar-refractivity contribution in [1.29, 1.82) is 5.26 Å². The lowest BCUT2D eigenvalue weighted by Gasteiger charge is -2.24. The standard InChI is InChI=1S/C12H15BrN2S/c13-10-7-12(16-9-10)11(8-14)15-5-3-1-2-4-6-15/h7,9,11H,1-6H2. The van der Waals surface area contributed by atoms with Gasteiger partial charge >= 0.3 is 0 Å². The summed E-state index contributed by atoms with van der Waals surface area (Å²) in [6, 6.07) is 4.47. The van der Waals surface area contributed by atoms with Crippen LogP contribution < -0.4 is 0 Å². The van der Waals surface area contributed by atoms with Crippen molar-refractivity contribution in [1.82, 2.24) is 4.90 Å². The normalized spacial score (nSPS) is 20.0. The molecule has 1 atom stereocenters. The minimum Gasteiger partial charge on any atom is -0.284 e. The summed E-state index contributed by atoms with van der Waals surface area (Å²) in [5.74, 6) is 0. The maximum Gasteiger partial charge on any atom is 0.133 e. The SMILES string of the molecule is N#CC(c1cc(Br)cs1)N1CCCCCC1. The van der Waals surface area contributed by atoms with Gasteiger partial charge in [0.1, 0.15) is 6.04 Å². The molecule has 0 aliphatic carbocycles. The van der Waals surface area contributed by atoms with Crippen LogP contribution in [-0.4, -0.2) is 18.0 Å². The van der Waals surface area contributed by atoms with Gasteiger partial charge in [-0.2, -0.15) is 5.26 Å². The van der Waals surface area contributed by atoms with E-state index in [4.69, 9.17) is 0 Å². The van der Waals surface area contributed by atoms with Gasteiger partial charge < -0.3 is 0 Å². The topological polar surface area (TPSA) is 27.0 Å². The smallest absolute Gasteiger partial charge is 0.133 e. The first-order valence-electron chi connectivity index (χ1n) is 5.69. The number of halogens is 1. The highest BCUT2D eigenvalue weighted by Gasteiger charge is 2.22. The molecule has 0 aromatic carbocycles. The van der Waals surface area contributed by atoms with Crippen LogP contribution >= 0.6 is 27.3 Å². The van der Waals surface area contributed by atoms with Crippen LogP contribution in [-0.2, 0) is 0 Å². The van der Waals surface area contributed by atoms with Gasteiger partial charge in [0, 0.05) is 14.7 Å². The van der Waals surface area contributed by atoms with Crippen molar-refractivity contribution in [3.63, 3.8) is 0 Å². The Hall–Kier alpha value is -0.370. The van der Waals surface area contributed by atoms with Crippen molar-refractivity contribution in [2.75, 3.05) is 13.1 Å². The Bertz CT molecular complexity index is 375. The van der Waals surface area contributed by atoms with Gasteiger partial charge in [0.25, 0.3) is 0 Å². The van der Waals surface area contributed by atoms with Gasteiger partial charge in [-0.15, -0.1) is 11.3 Å². The van der Waals surface area contributed by atoms with Crippen LogP contribution in [0.3, 0.4) is 0 Å². The molecule has 2 heterocycles. The molecule has 0 amide bonds. The molecule has 1 fully saturated rings. The summed E-state index contributed by atoms with van der Waals surface area (Å²) in [7, 11) is 0. The molecule has 1 saturated heterocycles. The van der Waals surface area contributed by atoms with Crippen molar-refractivity contribution >= 4 is 27.3 Å². The summed E-state index contributed by atoms with van der Waals surface area (Å²) in [6.45, 7) is 2.13. The second-order valence-corrected chi connectivity index (χ2v) is 6.01. The van der Waals surface area contributed by atoms with Crippen molar-refractivity contribution < 1.29 is 0 Å². The van der Waals surface area contributed by atoms with E-state index in [1.807, 2.05) is 0 Å². The second kappa shape index (κ2) is 5.81. The van der Waals surface area contributed by atoms with E-state index in [1.54, 1.807) is 11.3 Å². The lowest BCUT2D eigenvalue weighted by Crippen LogP contribution is -2.28. The van der Waals surface area contributed by atoms with Gasteiger partial charge in [-0.1, -0.05) is 12.8 Å². The Balaban J connectivity index is 2.12. The number of nitriles is 1. The number of rotatable bonds is 2. The molecule has 0 radical (unpaired) electrons. The zero-order valence-corrected chi connectivity index (χ0v) is 11.6. The highest BCUT2D eigenvalue weighted by Crippen LogP contribution is 2.30. The van der Waals surface area contributed by atoms with Gasteiger partial charge in [-0.05, 0) is 47.9 Å². The fraction of sp³-hybridized carbons (Fsp3) is 0.583. The van der Waals surface area contributed by atoms with E-state index in [0.29, 0.717) is 0 Å². The molecule has 2 rings (SSSR count). The molecule has 1 aliphatic heterocycles. The van der Waals surface area contributed by atoms with Gasteiger partial charge in [-0.25, -0.2) is 0 Å². The molecule has 0 saturated carbocycles. The molecule has 1 aromatic rings. The Morgan fingerprint density at radius 3 is 2.50 bits per heavy atom. The van der Waals surface area contributed by atoms with E-state index in [9.17, 15) is 5.26 Å². The summed E-state index contributed by atoms with van der Waals surface area (Å²) in [5, 5.41) is 11.4. The van der Waals surface area contributed by atoms with Crippen LogP contribution in [0.4, 0.5) is 0 Å². The summed E-state index contributed by atoms with van der Waals surface area (Å²) in [4.78, 5) is 3.49. The molecule has 0 spiro atoms. The third-order valence-corrected chi connectivity index (χ3v) is 4.73. The highest BCUT2D eigenvalue weighted by atomic mass is 79.9. The van der Waals surface area contributed by atoms with Gasteiger partial charge in [0.2, 0.25) is 0 Å². The maximum atomic E-state index is 9.33. The van der Waals surface area contributed by atoms with Crippen LogP contribution in [0.5, 0.6) is 0 Å². The Kier molecular flexibility index (Phi) is 4.39. The van der Waals surface area contributed by atoms with E-state index in [2.05, 4.69) is 38.3 Å². The molecular formula is C12H15BrN2S. The van der Waals surface area contributed by atoms with Crippen LogP contribution in [0.1, 0.15) is 36.6 Å². The molecule has 1 aliphatic rings. The third-order valence-electron chi connectivity index (χ3n) is 2.99. The van der Waals surface area contributed by atoms with Crippen molar-refractivity contribution in [2.45, 2.75) is 31.7 Å². The summed E-state index contributed by atoms with van der Waals surface area (Å²) >= 11 is 5.12.